The van der Waals surface area contributed by atoms with Crippen molar-refractivity contribution in [3.8, 4) is 62.1 Å². The zero-order valence-electron chi connectivity index (χ0n) is 38.3. The molecule has 0 unspecified atom stereocenters. The molecule has 0 bridgehead atoms. The van der Waals surface area contributed by atoms with Gasteiger partial charge < -0.3 is 8.98 Å². The first-order valence-corrected chi connectivity index (χ1v) is 21.5. The summed E-state index contributed by atoms with van der Waals surface area (Å²) in [7, 11) is 0. The van der Waals surface area contributed by atoms with E-state index in [0.29, 0.717) is 50.5 Å². The van der Waals surface area contributed by atoms with E-state index in [0.717, 1.165) is 49.7 Å². The lowest BCUT2D eigenvalue weighted by Crippen LogP contribution is -2.02. The Hall–Kier alpha value is -8.19. The Morgan fingerprint density at radius 3 is 1.87 bits per heavy atom. The predicted octanol–water partition coefficient (Wildman–Crippen LogP) is 15.6. The standard InChI is InChI=1S/C57H34N4OS/c1-3-16-35(17-4-1)40-25-15-30-50-52(40)46-33-39(61-48-28-10-7-22-42(48)43-23-8-11-29-49(43)61)34-47(53(46)62-50)57-59-55(36-18-5-2-6-19-36)58-56(60-57)38-21-13-20-37(32-38)41-26-14-27-45-44-24-9-12-31-51(44)63-54(41)45/h1-34H/i1D,3D,4D,16D,17D. The Morgan fingerprint density at radius 2 is 1.06 bits per heavy atom. The van der Waals surface area contributed by atoms with Gasteiger partial charge in [0.1, 0.15) is 11.2 Å². The van der Waals surface area contributed by atoms with Crippen molar-refractivity contribution < 1.29 is 11.3 Å². The molecule has 0 radical (unpaired) electrons. The molecule has 0 amide bonds. The number of aromatic nitrogens is 4. The molecule has 0 aliphatic rings. The van der Waals surface area contributed by atoms with Gasteiger partial charge in [0.2, 0.25) is 0 Å². The number of furan rings is 1. The summed E-state index contributed by atoms with van der Waals surface area (Å²) >= 11 is 1.79. The summed E-state index contributed by atoms with van der Waals surface area (Å²) in [5, 5.41) is 5.89. The van der Waals surface area contributed by atoms with Gasteiger partial charge in [0.15, 0.2) is 17.5 Å². The number of benzene rings is 9. The summed E-state index contributed by atoms with van der Waals surface area (Å²) in [6.45, 7) is 0. The maximum absolute atomic E-state index is 9.03. The first kappa shape index (κ1) is 30.8. The summed E-state index contributed by atoms with van der Waals surface area (Å²) in [6, 6.07) is 57.5. The number of para-hydroxylation sites is 2. The van der Waals surface area contributed by atoms with E-state index in [9.17, 15) is 0 Å². The van der Waals surface area contributed by atoms with Crippen LogP contribution in [0.4, 0.5) is 0 Å². The van der Waals surface area contributed by atoms with E-state index < -0.39 is 18.1 Å². The van der Waals surface area contributed by atoms with Crippen molar-refractivity contribution in [2.45, 2.75) is 0 Å². The molecule has 0 saturated heterocycles. The Labute approximate surface area is 372 Å². The normalized spacial score (nSPS) is 12.9. The molecule has 13 rings (SSSR count). The van der Waals surface area contributed by atoms with Crippen LogP contribution in [0.1, 0.15) is 6.85 Å². The summed E-state index contributed by atoms with van der Waals surface area (Å²) in [4.78, 5) is 15.7. The van der Waals surface area contributed by atoms with Crippen molar-refractivity contribution in [2.24, 2.45) is 0 Å². The highest BCUT2D eigenvalue weighted by atomic mass is 32.1. The molecular weight excluding hydrogens is 789 g/mol. The minimum absolute atomic E-state index is 0.0909. The molecule has 4 aromatic heterocycles. The third-order valence-electron chi connectivity index (χ3n) is 11.9. The van der Waals surface area contributed by atoms with Crippen molar-refractivity contribution >= 4 is 75.3 Å². The summed E-state index contributed by atoms with van der Waals surface area (Å²) < 4.78 is 55.2. The summed E-state index contributed by atoms with van der Waals surface area (Å²) in [6.07, 6.45) is 0. The smallest absolute Gasteiger partial charge is 0.167 e. The van der Waals surface area contributed by atoms with E-state index in [-0.39, 0.29) is 17.6 Å². The van der Waals surface area contributed by atoms with Gasteiger partial charge in [0.05, 0.1) is 23.5 Å². The third-order valence-corrected chi connectivity index (χ3v) is 13.2. The van der Waals surface area contributed by atoms with Crippen LogP contribution in [0.5, 0.6) is 0 Å². The zero-order chi connectivity index (χ0) is 45.8. The van der Waals surface area contributed by atoms with Gasteiger partial charge in [0, 0.05) is 58.5 Å². The van der Waals surface area contributed by atoms with E-state index in [4.69, 9.17) is 26.2 Å². The van der Waals surface area contributed by atoms with E-state index in [1.807, 2.05) is 72.8 Å². The Kier molecular flexibility index (Phi) is 6.94. The highest BCUT2D eigenvalue weighted by Crippen LogP contribution is 2.44. The molecule has 0 fully saturated rings. The molecule has 4 heterocycles. The van der Waals surface area contributed by atoms with Gasteiger partial charge in [-0.15, -0.1) is 11.3 Å². The van der Waals surface area contributed by atoms with Crippen molar-refractivity contribution in [3.05, 3.63) is 206 Å². The quantitative estimate of drug-likeness (QED) is 0.168. The van der Waals surface area contributed by atoms with Crippen LogP contribution in [-0.2, 0) is 0 Å². The van der Waals surface area contributed by atoms with Crippen LogP contribution in [0.15, 0.2) is 211 Å². The first-order valence-electron chi connectivity index (χ1n) is 23.2. The Morgan fingerprint density at radius 1 is 0.444 bits per heavy atom. The van der Waals surface area contributed by atoms with Gasteiger partial charge >= 0.3 is 0 Å². The molecule has 0 spiro atoms. The van der Waals surface area contributed by atoms with Gasteiger partial charge in [-0.2, -0.15) is 0 Å². The van der Waals surface area contributed by atoms with Crippen LogP contribution in [0.3, 0.4) is 0 Å². The fourth-order valence-corrected chi connectivity index (χ4v) is 10.4. The molecule has 63 heavy (non-hydrogen) atoms. The van der Waals surface area contributed by atoms with Gasteiger partial charge in [0.25, 0.3) is 0 Å². The van der Waals surface area contributed by atoms with Gasteiger partial charge in [-0.1, -0.05) is 164 Å². The molecule has 0 atom stereocenters. The van der Waals surface area contributed by atoms with Crippen molar-refractivity contribution in [3.63, 3.8) is 0 Å². The molecule has 0 aliphatic heterocycles. The van der Waals surface area contributed by atoms with E-state index in [2.05, 4.69) is 95.6 Å². The molecule has 13 aromatic rings. The first-order chi connectivity index (χ1) is 33.3. The molecular formula is C57H34N4OS. The minimum Gasteiger partial charge on any atom is -0.455 e. The molecule has 5 nitrogen and oxygen atoms in total. The Balaban J connectivity index is 1.10. The van der Waals surface area contributed by atoms with E-state index >= 15 is 0 Å². The molecule has 9 aromatic carbocycles. The lowest BCUT2D eigenvalue weighted by Gasteiger charge is -2.13. The van der Waals surface area contributed by atoms with Crippen LogP contribution in [0, 0.1) is 0 Å². The average Bonchev–Trinajstić information content (AvgIpc) is 4.07. The lowest BCUT2D eigenvalue weighted by molar-refractivity contribution is 0.669. The molecule has 294 valence electrons. The maximum Gasteiger partial charge on any atom is 0.167 e. The Bertz CT molecular complexity index is 4150. The maximum atomic E-state index is 9.03. The molecule has 6 heteroatoms. The summed E-state index contributed by atoms with van der Waals surface area (Å²) in [5.41, 5.74) is 8.65. The van der Waals surface area contributed by atoms with Crippen LogP contribution in [0.25, 0.3) is 126 Å². The topological polar surface area (TPSA) is 56.7 Å². The van der Waals surface area contributed by atoms with Crippen LogP contribution in [-0.4, -0.2) is 19.5 Å². The lowest BCUT2D eigenvalue weighted by atomic mass is 9.98. The van der Waals surface area contributed by atoms with Crippen LogP contribution < -0.4 is 0 Å². The predicted molar refractivity (Wildman–Crippen MR) is 262 cm³/mol. The molecule has 0 N–H and O–H groups in total. The second kappa shape index (κ2) is 14.2. The van der Waals surface area contributed by atoms with Crippen molar-refractivity contribution in [1.29, 1.82) is 0 Å². The van der Waals surface area contributed by atoms with Gasteiger partial charge in [-0.25, -0.2) is 15.0 Å². The highest BCUT2D eigenvalue weighted by Gasteiger charge is 2.23. The zero-order valence-corrected chi connectivity index (χ0v) is 34.2. The minimum atomic E-state index is -0.452. The molecule has 0 saturated carbocycles. The monoisotopic (exact) mass is 827 g/mol. The second-order valence-electron chi connectivity index (χ2n) is 15.6. The van der Waals surface area contributed by atoms with Gasteiger partial charge in [-0.3, -0.25) is 0 Å². The van der Waals surface area contributed by atoms with Crippen LogP contribution >= 0.6 is 11.3 Å². The van der Waals surface area contributed by atoms with Crippen molar-refractivity contribution in [1.82, 2.24) is 19.5 Å². The van der Waals surface area contributed by atoms with Crippen LogP contribution in [0.2, 0.25) is 0 Å². The SMILES string of the molecule is [2H]c1c([2H])c([2H])c(-c2cccc3oc4c(-c5nc(-c6ccccc6)nc(-c6cccc(-c7cccc8c7sc7ccccc78)c6)n5)cc(-n5c6ccccc6c6ccccc65)cc4c23)c([2H])c1[2H]. The average molecular weight is 828 g/mol. The largest absolute Gasteiger partial charge is 0.455 e. The number of rotatable bonds is 6. The number of hydrogen-bond acceptors (Lipinski definition) is 5. The fourth-order valence-electron chi connectivity index (χ4n) is 9.14. The van der Waals surface area contributed by atoms with E-state index in [1.54, 1.807) is 23.5 Å². The number of nitrogens with zero attached hydrogens (tertiary/aromatic N) is 4. The summed E-state index contributed by atoms with van der Waals surface area (Å²) in [5.74, 6) is 1.33. The molecule has 0 aliphatic carbocycles. The second-order valence-corrected chi connectivity index (χ2v) is 16.6. The highest BCUT2D eigenvalue weighted by molar-refractivity contribution is 7.26. The third kappa shape index (κ3) is 5.73. The fraction of sp³-hybridized carbons (Fsp3) is 0. The van der Waals surface area contributed by atoms with Crippen molar-refractivity contribution in [2.75, 3.05) is 0 Å². The van der Waals surface area contributed by atoms with Gasteiger partial charge in [-0.05, 0) is 64.7 Å². The number of fused-ring (bicyclic) bond motifs is 9. The van der Waals surface area contributed by atoms with E-state index in [1.165, 1.54) is 20.2 Å². The number of hydrogen-bond donors (Lipinski definition) is 0. The number of thiophene rings is 1.